The van der Waals surface area contributed by atoms with Gasteiger partial charge in [-0.3, -0.25) is 0 Å². The van der Waals surface area contributed by atoms with Crippen LogP contribution in [-0.4, -0.2) is 6.29 Å². The van der Waals surface area contributed by atoms with E-state index in [9.17, 15) is 4.79 Å². The Labute approximate surface area is 95.0 Å². The van der Waals surface area contributed by atoms with Crippen LogP contribution in [0, 0.1) is 11.8 Å². The standard InChI is InChI=1S/C14H26O/c1-12(2)7-5-8-13(3)9-6-10-14(4)11-15/h11,13-14H,1,5-10H2,2-4H3. The zero-order valence-corrected chi connectivity index (χ0v) is 10.6. The highest BCUT2D eigenvalue weighted by Gasteiger charge is 2.04. The maximum absolute atomic E-state index is 10.4. The van der Waals surface area contributed by atoms with Crippen LogP contribution in [0.1, 0.15) is 59.3 Å². The second kappa shape index (κ2) is 8.70. The molecule has 0 spiro atoms. The van der Waals surface area contributed by atoms with Gasteiger partial charge in [0.15, 0.2) is 0 Å². The Bertz CT molecular complexity index is 184. The minimum atomic E-state index is 0.243. The molecule has 0 aromatic carbocycles. The summed E-state index contributed by atoms with van der Waals surface area (Å²) in [6.07, 6.45) is 8.28. The van der Waals surface area contributed by atoms with Crippen LogP contribution >= 0.6 is 0 Å². The monoisotopic (exact) mass is 210 g/mol. The average molecular weight is 210 g/mol. The lowest BCUT2D eigenvalue weighted by molar-refractivity contribution is -0.110. The molecule has 0 saturated carbocycles. The Kier molecular flexibility index (Phi) is 8.35. The summed E-state index contributed by atoms with van der Waals surface area (Å²) in [5.74, 6) is 1.04. The lowest BCUT2D eigenvalue weighted by Gasteiger charge is -2.11. The van der Waals surface area contributed by atoms with Crippen molar-refractivity contribution in [3.05, 3.63) is 12.2 Å². The number of allylic oxidation sites excluding steroid dienone is 1. The van der Waals surface area contributed by atoms with E-state index < -0.39 is 0 Å². The van der Waals surface area contributed by atoms with Gasteiger partial charge in [-0.2, -0.15) is 0 Å². The largest absolute Gasteiger partial charge is 0.303 e. The molecule has 0 radical (unpaired) electrons. The van der Waals surface area contributed by atoms with Crippen molar-refractivity contribution < 1.29 is 4.79 Å². The molecule has 88 valence electrons. The first-order valence-corrected chi connectivity index (χ1v) is 6.16. The highest BCUT2D eigenvalue weighted by Crippen LogP contribution is 2.18. The molecule has 0 aromatic heterocycles. The molecule has 2 atom stereocenters. The molecule has 1 nitrogen and oxygen atoms in total. The van der Waals surface area contributed by atoms with Gasteiger partial charge >= 0.3 is 0 Å². The number of aldehydes is 1. The Morgan fingerprint density at radius 2 is 1.80 bits per heavy atom. The fourth-order valence-electron chi connectivity index (χ4n) is 1.75. The lowest BCUT2D eigenvalue weighted by Crippen LogP contribution is -1.99. The molecule has 0 bridgehead atoms. The Balaban J connectivity index is 3.36. The van der Waals surface area contributed by atoms with Crippen LogP contribution in [0.15, 0.2) is 12.2 Å². The third-order valence-corrected chi connectivity index (χ3v) is 2.89. The third-order valence-electron chi connectivity index (χ3n) is 2.89. The van der Waals surface area contributed by atoms with Crippen molar-refractivity contribution in [2.75, 3.05) is 0 Å². The molecule has 0 N–H and O–H groups in total. The predicted octanol–water partition coefficient (Wildman–Crippen LogP) is 4.37. The summed E-state index contributed by atoms with van der Waals surface area (Å²) >= 11 is 0. The van der Waals surface area contributed by atoms with Gasteiger partial charge in [0, 0.05) is 5.92 Å². The molecule has 15 heavy (non-hydrogen) atoms. The normalized spacial score (nSPS) is 14.6. The van der Waals surface area contributed by atoms with Crippen molar-refractivity contribution in [1.29, 1.82) is 0 Å². The molecule has 1 heteroatoms. The van der Waals surface area contributed by atoms with Crippen LogP contribution in [0.4, 0.5) is 0 Å². The van der Waals surface area contributed by atoms with Crippen molar-refractivity contribution in [2.45, 2.75) is 59.3 Å². The minimum Gasteiger partial charge on any atom is -0.303 e. The van der Waals surface area contributed by atoms with Crippen molar-refractivity contribution >= 4 is 6.29 Å². The fourth-order valence-corrected chi connectivity index (χ4v) is 1.75. The van der Waals surface area contributed by atoms with E-state index in [1.807, 2.05) is 6.92 Å². The first-order chi connectivity index (χ1) is 7.06. The van der Waals surface area contributed by atoms with Gasteiger partial charge in [-0.15, -0.1) is 6.58 Å². The molecular formula is C14H26O. The topological polar surface area (TPSA) is 17.1 Å². The van der Waals surface area contributed by atoms with Crippen LogP contribution in [0.2, 0.25) is 0 Å². The fraction of sp³-hybridized carbons (Fsp3) is 0.786. The van der Waals surface area contributed by atoms with Crippen molar-refractivity contribution in [3.8, 4) is 0 Å². The Morgan fingerprint density at radius 3 is 2.33 bits per heavy atom. The third kappa shape index (κ3) is 9.71. The van der Waals surface area contributed by atoms with Crippen molar-refractivity contribution in [3.63, 3.8) is 0 Å². The summed E-state index contributed by atoms with van der Waals surface area (Å²) in [4.78, 5) is 10.4. The van der Waals surface area contributed by atoms with E-state index in [0.717, 1.165) is 25.0 Å². The smallest absolute Gasteiger partial charge is 0.122 e. The summed E-state index contributed by atoms with van der Waals surface area (Å²) in [5.41, 5.74) is 1.29. The van der Waals surface area contributed by atoms with Crippen LogP contribution in [0.5, 0.6) is 0 Å². The van der Waals surface area contributed by atoms with Gasteiger partial charge in [-0.1, -0.05) is 38.7 Å². The van der Waals surface area contributed by atoms with Gasteiger partial charge < -0.3 is 4.79 Å². The molecule has 0 heterocycles. The van der Waals surface area contributed by atoms with E-state index in [-0.39, 0.29) is 5.92 Å². The molecule has 0 aromatic rings. The molecule has 0 aliphatic heterocycles. The van der Waals surface area contributed by atoms with Gasteiger partial charge in [0.1, 0.15) is 6.29 Å². The number of hydrogen-bond acceptors (Lipinski definition) is 1. The molecule has 0 amide bonds. The van der Waals surface area contributed by atoms with E-state index in [1.165, 1.54) is 31.3 Å². The molecular weight excluding hydrogens is 184 g/mol. The molecule has 0 aliphatic rings. The summed E-state index contributed by atoms with van der Waals surface area (Å²) in [7, 11) is 0. The van der Waals surface area contributed by atoms with E-state index in [0.29, 0.717) is 0 Å². The summed E-state index contributed by atoms with van der Waals surface area (Å²) < 4.78 is 0. The summed E-state index contributed by atoms with van der Waals surface area (Å²) in [6, 6.07) is 0. The maximum atomic E-state index is 10.4. The average Bonchev–Trinajstić information content (AvgIpc) is 2.17. The maximum Gasteiger partial charge on any atom is 0.122 e. The second-order valence-electron chi connectivity index (χ2n) is 5.00. The van der Waals surface area contributed by atoms with Crippen LogP contribution in [-0.2, 0) is 4.79 Å². The van der Waals surface area contributed by atoms with Gasteiger partial charge in [-0.05, 0) is 32.1 Å². The highest BCUT2D eigenvalue weighted by molar-refractivity contribution is 5.52. The first-order valence-electron chi connectivity index (χ1n) is 6.16. The van der Waals surface area contributed by atoms with Gasteiger partial charge in [0.25, 0.3) is 0 Å². The predicted molar refractivity (Wildman–Crippen MR) is 66.9 cm³/mol. The molecule has 0 aliphatic carbocycles. The summed E-state index contributed by atoms with van der Waals surface area (Å²) in [5, 5.41) is 0. The SMILES string of the molecule is C=C(C)CCCC(C)CCCC(C)C=O. The van der Waals surface area contributed by atoms with Crippen molar-refractivity contribution in [2.24, 2.45) is 11.8 Å². The number of hydrogen-bond donors (Lipinski definition) is 0. The minimum absolute atomic E-state index is 0.243. The molecule has 0 fully saturated rings. The summed E-state index contributed by atoms with van der Waals surface area (Å²) in [6.45, 7) is 10.3. The molecule has 2 unspecified atom stereocenters. The van der Waals surface area contributed by atoms with E-state index in [2.05, 4.69) is 20.4 Å². The lowest BCUT2D eigenvalue weighted by atomic mass is 9.95. The zero-order chi connectivity index (χ0) is 11.7. The number of carbonyl (C=O) groups is 1. The first kappa shape index (κ1) is 14.4. The van der Waals surface area contributed by atoms with Crippen LogP contribution in [0.25, 0.3) is 0 Å². The van der Waals surface area contributed by atoms with Gasteiger partial charge in [-0.25, -0.2) is 0 Å². The van der Waals surface area contributed by atoms with E-state index >= 15 is 0 Å². The second-order valence-corrected chi connectivity index (χ2v) is 5.00. The van der Waals surface area contributed by atoms with E-state index in [4.69, 9.17) is 0 Å². The van der Waals surface area contributed by atoms with Gasteiger partial charge in [0.05, 0.1) is 0 Å². The number of carbonyl (C=O) groups excluding carboxylic acids is 1. The van der Waals surface area contributed by atoms with Gasteiger partial charge in [0.2, 0.25) is 0 Å². The number of rotatable bonds is 9. The van der Waals surface area contributed by atoms with E-state index in [1.54, 1.807) is 0 Å². The zero-order valence-electron chi connectivity index (χ0n) is 10.6. The van der Waals surface area contributed by atoms with Crippen LogP contribution < -0.4 is 0 Å². The Hall–Kier alpha value is -0.590. The molecule has 0 saturated heterocycles. The molecule has 0 rings (SSSR count). The quantitative estimate of drug-likeness (QED) is 0.408. The highest BCUT2D eigenvalue weighted by atomic mass is 16.1. The van der Waals surface area contributed by atoms with Crippen LogP contribution in [0.3, 0.4) is 0 Å². The van der Waals surface area contributed by atoms with Crippen molar-refractivity contribution in [1.82, 2.24) is 0 Å². The Morgan fingerprint density at radius 1 is 1.20 bits per heavy atom.